The molecule has 39 heavy (non-hydrogen) atoms. The predicted molar refractivity (Wildman–Crippen MR) is 163 cm³/mol. The van der Waals surface area contributed by atoms with E-state index in [1.807, 2.05) is 6.07 Å². The monoisotopic (exact) mass is 499 g/mol. The van der Waals surface area contributed by atoms with Crippen molar-refractivity contribution in [2.24, 2.45) is 0 Å². The van der Waals surface area contributed by atoms with Crippen molar-refractivity contribution in [3.05, 3.63) is 126 Å². The number of benzene rings is 6. The van der Waals surface area contributed by atoms with E-state index in [4.69, 9.17) is 4.42 Å². The standard InChI is InChI=1S/C37H25NO/c1-37(2)27-20-18-22-10-3-4-11-23(22)33(27)35-28(37)21-19-25-24-12-5-7-14-29(24)38(36(25)35)30-15-9-17-32-34(30)26-13-6-8-16-31(26)39-32/h3-21H,1-2H3. The first-order valence-electron chi connectivity index (χ1n) is 13.6. The summed E-state index contributed by atoms with van der Waals surface area (Å²) in [5.41, 5.74) is 10.9. The number of rotatable bonds is 1. The van der Waals surface area contributed by atoms with Gasteiger partial charge in [0.25, 0.3) is 0 Å². The van der Waals surface area contributed by atoms with Crippen molar-refractivity contribution in [1.29, 1.82) is 0 Å². The van der Waals surface area contributed by atoms with E-state index in [2.05, 4.69) is 128 Å². The lowest BCUT2D eigenvalue weighted by Crippen LogP contribution is -2.14. The third kappa shape index (κ3) is 2.56. The maximum atomic E-state index is 6.34. The second-order valence-electron chi connectivity index (χ2n) is 11.3. The van der Waals surface area contributed by atoms with Crippen LogP contribution in [-0.4, -0.2) is 4.57 Å². The minimum absolute atomic E-state index is 0.0987. The largest absolute Gasteiger partial charge is 0.456 e. The van der Waals surface area contributed by atoms with Crippen molar-refractivity contribution in [2.75, 3.05) is 0 Å². The first-order valence-corrected chi connectivity index (χ1v) is 13.6. The van der Waals surface area contributed by atoms with Crippen LogP contribution in [0.2, 0.25) is 0 Å². The second-order valence-corrected chi connectivity index (χ2v) is 11.3. The van der Waals surface area contributed by atoms with Gasteiger partial charge in [0.2, 0.25) is 0 Å². The molecular weight excluding hydrogens is 474 g/mol. The lowest BCUT2D eigenvalue weighted by molar-refractivity contribution is 0.661. The Morgan fingerprint density at radius 2 is 1.23 bits per heavy atom. The topological polar surface area (TPSA) is 18.1 Å². The number of hydrogen-bond donors (Lipinski definition) is 0. The van der Waals surface area contributed by atoms with Crippen LogP contribution < -0.4 is 0 Å². The van der Waals surface area contributed by atoms with Crippen molar-refractivity contribution in [3.63, 3.8) is 0 Å². The SMILES string of the molecule is CC1(C)c2ccc3ccccc3c2-c2c1ccc1c3ccccc3n(-c3cccc4oc5ccccc5c34)c21. The van der Waals surface area contributed by atoms with E-state index in [1.165, 1.54) is 54.8 Å². The first kappa shape index (κ1) is 21.2. The van der Waals surface area contributed by atoms with Crippen LogP contribution >= 0.6 is 0 Å². The van der Waals surface area contributed by atoms with Crippen LogP contribution in [0, 0.1) is 0 Å². The molecule has 2 heteroatoms. The van der Waals surface area contributed by atoms with Crippen LogP contribution in [0.15, 0.2) is 120 Å². The summed E-state index contributed by atoms with van der Waals surface area (Å²) in [6.07, 6.45) is 0. The lowest BCUT2D eigenvalue weighted by atomic mass is 9.82. The van der Waals surface area contributed by atoms with Crippen molar-refractivity contribution >= 4 is 54.5 Å². The van der Waals surface area contributed by atoms with Crippen LogP contribution in [-0.2, 0) is 5.41 Å². The van der Waals surface area contributed by atoms with Crippen LogP contribution in [0.3, 0.4) is 0 Å². The highest BCUT2D eigenvalue weighted by molar-refractivity contribution is 6.20. The molecule has 0 fully saturated rings. The van der Waals surface area contributed by atoms with E-state index in [0.717, 1.165) is 27.6 Å². The van der Waals surface area contributed by atoms with Gasteiger partial charge in [-0.3, -0.25) is 0 Å². The van der Waals surface area contributed by atoms with Crippen LogP contribution in [0.25, 0.3) is 71.3 Å². The normalized spacial score (nSPS) is 14.1. The fourth-order valence-electron chi connectivity index (χ4n) is 7.23. The molecule has 0 saturated carbocycles. The summed E-state index contributed by atoms with van der Waals surface area (Å²) in [4.78, 5) is 0. The average molecular weight is 500 g/mol. The van der Waals surface area contributed by atoms with E-state index < -0.39 is 0 Å². The minimum Gasteiger partial charge on any atom is -0.456 e. The molecule has 0 unspecified atom stereocenters. The minimum atomic E-state index is -0.0987. The molecule has 0 bridgehead atoms. The summed E-state index contributed by atoms with van der Waals surface area (Å²) >= 11 is 0. The third-order valence-corrected chi connectivity index (χ3v) is 8.98. The molecule has 1 aliphatic rings. The van der Waals surface area contributed by atoms with E-state index in [1.54, 1.807) is 0 Å². The van der Waals surface area contributed by atoms with E-state index >= 15 is 0 Å². The fourth-order valence-corrected chi connectivity index (χ4v) is 7.23. The zero-order chi connectivity index (χ0) is 25.9. The Labute approximate surface area is 225 Å². The van der Waals surface area contributed by atoms with Gasteiger partial charge in [-0.15, -0.1) is 0 Å². The number of aromatic nitrogens is 1. The summed E-state index contributed by atoms with van der Waals surface area (Å²) in [5, 5.41) is 7.45. The predicted octanol–water partition coefficient (Wildman–Crippen LogP) is 10.1. The third-order valence-electron chi connectivity index (χ3n) is 8.98. The second kappa shape index (κ2) is 7.18. The van der Waals surface area contributed by atoms with Crippen LogP contribution in [0.5, 0.6) is 0 Å². The molecule has 0 atom stereocenters. The van der Waals surface area contributed by atoms with Gasteiger partial charge in [-0.05, 0) is 51.7 Å². The van der Waals surface area contributed by atoms with Crippen molar-refractivity contribution in [3.8, 4) is 16.8 Å². The average Bonchev–Trinajstić information content (AvgIpc) is 3.59. The molecule has 0 amide bonds. The molecule has 6 aromatic carbocycles. The Morgan fingerprint density at radius 3 is 2.13 bits per heavy atom. The highest BCUT2D eigenvalue weighted by Gasteiger charge is 2.38. The lowest BCUT2D eigenvalue weighted by Gasteiger charge is -2.21. The highest BCUT2D eigenvalue weighted by atomic mass is 16.3. The molecule has 0 radical (unpaired) electrons. The summed E-state index contributed by atoms with van der Waals surface area (Å²) < 4.78 is 8.84. The van der Waals surface area contributed by atoms with Crippen LogP contribution in [0.1, 0.15) is 25.0 Å². The zero-order valence-electron chi connectivity index (χ0n) is 21.8. The van der Waals surface area contributed by atoms with E-state index in [-0.39, 0.29) is 5.41 Å². The summed E-state index contributed by atoms with van der Waals surface area (Å²) in [5.74, 6) is 0. The summed E-state index contributed by atoms with van der Waals surface area (Å²) in [6, 6.07) is 41.8. The van der Waals surface area contributed by atoms with Gasteiger partial charge >= 0.3 is 0 Å². The van der Waals surface area contributed by atoms with Crippen molar-refractivity contribution in [1.82, 2.24) is 4.57 Å². The number of para-hydroxylation sites is 2. The Bertz CT molecular complexity index is 2310. The zero-order valence-corrected chi connectivity index (χ0v) is 21.8. The van der Waals surface area contributed by atoms with E-state index in [0.29, 0.717) is 0 Å². The molecular formula is C37H25NO. The molecule has 8 aromatic rings. The number of furan rings is 1. The molecule has 0 aliphatic heterocycles. The summed E-state index contributed by atoms with van der Waals surface area (Å²) in [7, 11) is 0. The maximum absolute atomic E-state index is 6.34. The number of nitrogens with zero attached hydrogens (tertiary/aromatic N) is 1. The van der Waals surface area contributed by atoms with E-state index in [9.17, 15) is 0 Å². The highest BCUT2D eigenvalue weighted by Crippen LogP contribution is 2.55. The molecule has 0 N–H and O–H groups in total. The molecule has 2 aromatic heterocycles. The van der Waals surface area contributed by atoms with Gasteiger partial charge in [-0.25, -0.2) is 0 Å². The van der Waals surface area contributed by atoms with Gasteiger partial charge in [-0.2, -0.15) is 0 Å². The molecule has 0 spiro atoms. The van der Waals surface area contributed by atoms with Gasteiger partial charge in [-0.1, -0.05) is 105 Å². The Balaban J connectivity index is 1.55. The van der Waals surface area contributed by atoms with Crippen LogP contribution in [0.4, 0.5) is 0 Å². The molecule has 1 aliphatic carbocycles. The fraction of sp³-hybridized carbons (Fsp3) is 0.0811. The molecule has 184 valence electrons. The van der Waals surface area contributed by atoms with Gasteiger partial charge in [0, 0.05) is 27.1 Å². The molecule has 2 nitrogen and oxygen atoms in total. The smallest absolute Gasteiger partial charge is 0.137 e. The maximum Gasteiger partial charge on any atom is 0.137 e. The molecule has 9 rings (SSSR count). The van der Waals surface area contributed by atoms with Crippen molar-refractivity contribution < 1.29 is 4.42 Å². The Morgan fingerprint density at radius 1 is 0.538 bits per heavy atom. The summed E-state index contributed by atoms with van der Waals surface area (Å²) in [6.45, 7) is 4.74. The number of hydrogen-bond acceptors (Lipinski definition) is 1. The van der Waals surface area contributed by atoms with Gasteiger partial charge in [0.05, 0.1) is 22.1 Å². The number of fused-ring (bicyclic) bond motifs is 12. The Kier molecular flexibility index (Phi) is 3.89. The Hall–Kier alpha value is -4.82. The quantitative estimate of drug-likeness (QED) is 0.220. The van der Waals surface area contributed by atoms with Gasteiger partial charge in [0.15, 0.2) is 0 Å². The first-order chi connectivity index (χ1) is 19.1. The molecule has 2 heterocycles. The van der Waals surface area contributed by atoms with Gasteiger partial charge in [0.1, 0.15) is 11.2 Å². The van der Waals surface area contributed by atoms with Gasteiger partial charge < -0.3 is 8.98 Å². The molecule has 0 saturated heterocycles. The van der Waals surface area contributed by atoms with Crippen molar-refractivity contribution in [2.45, 2.75) is 19.3 Å².